The topological polar surface area (TPSA) is 308 Å². The first kappa shape index (κ1) is 84.2. The molecule has 5 saturated carbocycles. The summed E-state index contributed by atoms with van der Waals surface area (Å²) in [6.07, 6.45) is 22.3. The molecule has 0 aromatic rings. The number of aliphatic hydroxyl groups is 4. The molecule has 5 aliphatic carbocycles. The van der Waals surface area contributed by atoms with Crippen molar-refractivity contribution < 1.29 is 101 Å². The van der Waals surface area contributed by atoms with E-state index in [-0.39, 0.29) is 118 Å². The van der Waals surface area contributed by atoms with Crippen molar-refractivity contribution in [2.24, 2.45) is 29.6 Å². The molecule has 0 unspecified atom stereocenters. The summed E-state index contributed by atoms with van der Waals surface area (Å²) in [6, 6.07) is 0. The molecular formula is C62H110O21. The van der Waals surface area contributed by atoms with Gasteiger partial charge >= 0.3 is 47.8 Å². The van der Waals surface area contributed by atoms with Gasteiger partial charge in [0.25, 0.3) is 0 Å². The first-order valence-electron chi connectivity index (χ1n) is 28.2. The summed E-state index contributed by atoms with van der Waals surface area (Å²) in [6.45, 7) is 7.27. The Balaban J connectivity index is -0.000000461. The number of Topliss-reactive ketones (excluding diaryl/α,β-unsaturated/α-hetero) is 1. The lowest BCUT2D eigenvalue weighted by atomic mass is 9.76. The van der Waals surface area contributed by atoms with Crippen molar-refractivity contribution in [1.29, 1.82) is 0 Å². The molecule has 0 aliphatic heterocycles. The second kappa shape index (κ2) is 47.0. The Labute approximate surface area is 496 Å². The van der Waals surface area contributed by atoms with E-state index in [0.29, 0.717) is 122 Å². The number of ketones is 1. The molecule has 0 radical (unpaired) electrons. The van der Waals surface area contributed by atoms with Gasteiger partial charge < -0.3 is 58.3 Å². The summed E-state index contributed by atoms with van der Waals surface area (Å²) in [4.78, 5) is 98.3. The fourth-order valence-corrected chi connectivity index (χ4v) is 10.0. The van der Waals surface area contributed by atoms with Crippen molar-refractivity contribution >= 4 is 53.5 Å². The molecule has 0 bridgehead atoms. The van der Waals surface area contributed by atoms with Crippen LogP contribution in [-0.4, -0.2) is 153 Å². The van der Waals surface area contributed by atoms with Crippen molar-refractivity contribution in [3.05, 3.63) is 24.8 Å². The number of carbonyl (C=O) groups is 9. The summed E-state index contributed by atoms with van der Waals surface area (Å²) in [5.74, 6) is -1.44. The van der Waals surface area contributed by atoms with Gasteiger partial charge in [0.2, 0.25) is 0 Å². The lowest BCUT2D eigenvalue weighted by Gasteiger charge is -2.35. The third-order valence-electron chi connectivity index (χ3n) is 15.2. The Morgan fingerprint density at radius 2 is 0.843 bits per heavy atom. The molecule has 5 rings (SSSR count). The first-order valence-corrected chi connectivity index (χ1v) is 28.2. The Hall–Kier alpha value is -5.25. The van der Waals surface area contributed by atoms with Crippen molar-refractivity contribution in [3.63, 3.8) is 0 Å². The van der Waals surface area contributed by atoms with Gasteiger partial charge in [-0.3, -0.25) is 43.2 Å². The maximum Gasteiger partial charge on any atom is 0.309 e. The first-order chi connectivity index (χ1) is 37.9. The third-order valence-corrected chi connectivity index (χ3v) is 15.2. The highest BCUT2D eigenvalue weighted by Crippen LogP contribution is 2.38. The molecule has 0 aromatic carbocycles. The van der Waals surface area contributed by atoms with Crippen LogP contribution in [-0.2, 0) is 81.0 Å². The molecule has 83 heavy (non-hydrogen) atoms. The number of methoxy groups -OCH3 is 7. The van der Waals surface area contributed by atoms with Crippen LogP contribution in [0.15, 0.2) is 24.8 Å². The van der Waals surface area contributed by atoms with Crippen LogP contribution in [0, 0.1) is 29.6 Å². The molecule has 0 spiro atoms. The van der Waals surface area contributed by atoms with Gasteiger partial charge in [0, 0.05) is 26.2 Å². The van der Waals surface area contributed by atoms with Crippen molar-refractivity contribution in [2.75, 3.05) is 56.4 Å². The molecule has 21 heteroatoms. The Morgan fingerprint density at radius 3 is 1.17 bits per heavy atom. The Kier molecular flexibility index (Phi) is 47.7. The van der Waals surface area contributed by atoms with Gasteiger partial charge in [-0.2, -0.15) is 0 Å². The molecule has 0 amide bonds. The van der Waals surface area contributed by atoms with E-state index in [0.717, 1.165) is 51.4 Å². The molecular weight excluding hydrogens is 1080 g/mol. The SMILES string of the molecule is C.C.C.C=CCC1(O)CCC(C(=O)OC)CC1.CCOC(C)=O.COC(=O)C/C=C/CC1(O)CCC(C(=O)OC)CC1.COC(=O)C1CCC(=O)CC1.COC(=O)C1CCC(O)CC1.COC(=O)CCCCC1(O)CCC(C(=O)OC)CC1. The smallest absolute Gasteiger partial charge is 0.309 e. The average Bonchev–Trinajstić information content (AvgIpc) is 3.47. The van der Waals surface area contributed by atoms with E-state index in [1.807, 2.05) is 0 Å². The zero-order valence-electron chi connectivity index (χ0n) is 49.4. The summed E-state index contributed by atoms with van der Waals surface area (Å²) >= 11 is 0. The highest BCUT2D eigenvalue weighted by molar-refractivity contribution is 5.82. The summed E-state index contributed by atoms with van der Waals surface area (Å²) in [7, 11) is 9.72. The highest BCUT2D eigenvalue weighted by atomic mass is 16.5. The fourth-order valence-electron chi connectivity index (χ4n) is 10.0. The van der Waals surface area contributed by atoms with Crippen LogP contribution in [0.3, 0.4) is 0 Å². The number of ether oxygens (including phenoxy) is 8. The minimum Gasteiger partial charge on any atom is -0.469 e. The van der Waals surface area contributed by atoms with E-state index >= 15 is 0 Å². The third kappa shape index (κ3) is 36.9. The van der Waals surface area contributed by atoms with E-state index in [9.17, 15) is 58.5 Å². The predicted molar refractivity (Wildman–Crippen MR) is 314 cm³/mol. The van der Waals surface area contributed by atoms with Crippen LogP contribution in [0.1, 0.15) is 209 Å². The number of carbonyl (C=O) groups excluding carboxylic acids is 9. The molecule has 0 aromatic heterocycles. The van der Waals surface area contributed by atoms with Gasteiger partial charge in [-0.05, 0) is 148 Å². The lowest BCUT2D eigenvalue weighted by molar-refractivity contribution is -0.149. The normalized spacial score (nSPS) is 25.2. The molecule has 484 valence electrons. The number of unbranched alkanes of at least 4 members (excludes halogenated alkanes) is 1. The maximum absolute atomic E-state index is 11.4. The largest absolute Gasteiger partial charge is 0.469 e. The van der Waals surface area contributed by atoms with Gasteiger partial charge in [-0.25, -0.2) is 0 Å². The monoisotopic (exact) mass is 1190 g/mol. The number of hydrogen-bond donors (Lipinski definition) is 4. The predicted octanol–water partition coefficient (Wildman–Crippen LogP) is 9.17. The highest BCUT2D eigenvalue weighted by Gasteiger charge is 2.38. The standard InChI is InChI=1S/C14H24O5.C14H22O5.C11H18O3.C8H14O3.C8H12O3.C4H8O2.3CH4/c2*1-18-12(15)5-3-4-8-14(17)9-6-11(7-10-14)13(16)19-2;1-3-6-11(13)7-4-9(5-8-11)10(12)14-2;2*1-11-8(10)6-2-4-7(9)5-3-6;1-3-6-4(2)5;;;/h11,17H,3-10H2,1-2H3;3-4,11,17H,5-10H2,1-2H3;3,9,13H,1,4-8H2,2H3;6-7,9H,2-5H2,1H3;6H,2-5H2,1H3;3H2,1-2H3;3*1H4/b;4-3+;;;;;;;. The van der Waals surface area contributed by atoms with E-state index in [1.165, 1.54) is 56.7 Å². The van der Waals surface area contributed by atoms with Crippen molar-refractivity contribution in [1.82, 2.24) is 0 Å². The molecule has 21 nitrogen and oxygen atoms in total. The zero-order chi connectivity index (χ0) is 60.7. The quantitative estimate of drug-likeness (QED) is 0.0456. The summed E-state index contributed by atoms with van der Waals surface area (Å²) in [5.41, 5.74) is -2.08. The second-order valence-electron chi connectivity index (χ2n) is 21.1. The van der Waals surface area contributed by atoms with Gasteiger partial charge in [0.1, 0.15) is 5.78 Å². The van der Waals surface area contributed by atoms with Gasteiger partial charge in [0.05, 0.1) is 115 Å². The molecule has 0 atom stereocenters. The summed E-state index contributed by atoms with van der Waals surface area (Å²) < 4.78 is 36.8. The average molecular weight is 1190 g/mol. The van der Waals surface area contributed by atoms with E-state index in [2.05, 4.69) is 35.0 Å². The van der Waals surface area contributed by atoms with Gasteiger partial charge in [-0.1, -0.05) is 46.9 Å². The minimum absolute atomic E-state index is 0. The molecule has 0 saturated heterocycles. The van der Waals surface area contributed by atoms with Gasteiger partial charge in [-0.15, -0.1) is 6.58 Å². The molecule has 0 heterocycles. The van der Waals surface area contributed by atoms with E-state index < -0.39 is 16.8 Å². The summed E-state index contributed by atoms with van der Waals surface area (Å²) in [5, 5.41) is 39.9. The van der Waals surface area contributed by atoms with Gasteiger partial charge in [0.15, 0.2) is 0 Å². The van der Waals surface area contributed by atoms with Crippen LogP contribution in [0.25, 0.3) is 0 Å². The fraction of sp³-hybridized carbons (Fsp3) is 0.790. The molecule has 5 fully saturated rings. The lowest BCUT2D eigenvalue weighted by Crippen LogP contribution is -2.36. The zero-order valence-corrected chi connectivity index (χ0v) is 49.4. The molecule has 5 aliphatic rings. The Morgan fingerprint density at radius 1 is 0.494 bits per heavy atom. The van der Waals surface area contributed by atoms with E-state index in [1.54, 1.807) is 25.2 Å². The van der Waals surface area contributed by atoms with Crippen LogP contribution in [0.2, 0.25) is 0 Å². The van der Waals surface area contributed by atoms with Crippen molar-refractivity contribution in [3.8, 4) is 0 Å². The Bertz CT molecular complexity index is 1870. The van der Waals surface area contributed by atoms with Crippen LogP contribution < -0.4 is 0 Å². The maximum atomic E-state index is 11.4. The number of rotatable bonds is 17. The van der Waals surface area contributed by atoms with Crippen LogP contribution in [0.4, 0.5) is 0 Å². The second-order valence-corrected chi connectivity index (χ2v) is 21.1. The number of esters is 8. The minimum atomic E-state index is -0.767. The van der Waals surface area contributed by atoms with Crippen LogP contribution in [0.5, 0.6) is 0 Å². The number of aliphatic hydroxyl groups excluding tert-OH is 1. The van der Waals surface area contributed by atoms with E-state index in [4.69, 9.17) is 14.6 Å². The number of hydrogen-bond acceptors (Lipinski definition) is 21. The van der Waals surface area contributed by atoms with Crippen molar-refractivity contribution in [2.45, 2.75) is 232 Å². The molecule has 4 N–H and O–H groups in total. The van der Waals surface area contributed by atoms with Crippen LogP contribution >= 0.6 is 0 Å².